The van der Waals surface area contributed by atoms with Crippen molar-refractivity contribution in [1.29, 1.82) is 0 Å². The van der Waals surface area contributed by atoms with Gasteiger partial charge in [-0.25, -0.2) is 0 Å². The van der Waals surface area contributed by atoms with Crippen molar-refractivity contribution in [3.63, 3.8) is 0 Å². The average molecular weight is 205 g/mol. The third kappa shape index (κ3) is 3.22. The van der Waals surface area contributed by atoms with E-state index in [1.807, 2.05) is 12.1 Å². The predicted octanol–water partition coefficient (Wildman–Crippen LogP) is 1.06. The Bertz CT molecular complexity index is 303. The van der Waals surface area contributed by atoms with Gasteiger partial charge in [0, 0.05) is 25.3 Å². The van der Waals surface area contributed by atoms with Crippen molar-refractivity contribution < 1.29 is 0 Å². The summed E-state index contributed by atoms with van der Waals surface area (Å²) in [6.45, 7) is 5.58. The van der Waals surface area contributed by atoms with Gasteiger partial charge < -0.3 is 11.1 Å². The number of nitrogen functional groups attached to an aromatic ring is 1. The summed E-state index contributed by atoms with van der Waals surface area (Å²) in [5.41, 5.74) is 7.94. The van der Waals surface area contributed by atoms with Crippen molar-refractivity contribution in [3.8, 4) is 0 Å². The van der Waals surface area contributed by atoms with Crippen LogP contribution in [0.5, 0.6) is 0 Å². The SMILES string of the molecule is Nc1cccc(CN2CCCNCC2)c1. The Kier molecular flexibility index (Phi) is 3.59. The number of hydrogen-bond acceptors (Lipinski definition) is 3. The first-order chi connectivity index (χ1) is 7.34. The lowest BCUT2D eigenvalue weighted by Gasteiger charge is -2.19. The Morgan fingerprint density at radius 1 is 1.27 bits per heavy atom. The van der Waals surface area contributed by atoms with E-state index in [4.69, 9.17) is 5.73 Å². The third-order valence-electron chi connectivity index (χ3n) is 2.79. The lowest BCUT2D eigenvalue weighted by Crippen LogP contribution is -2.27. The maximum Gasteiger partial charge on any atom is 0.0317 e. The average Bonchev–Trinajstić information content (AvgIpc) is 2.46. The van der Waals surface area contributed by atoms with Gasteiger partial charge in [0.2, 0.25) is 0 Å². The van der Waals surface area contributed by atoms with Crippen molar-refractivity contribution >= 4 is 5.69 Å². The molecule has 0 aromatic heterocycles. The molecule has 1 saturated heterocycles. The van der Waals surface area contributed by atoms with Crippen LogP contribution in [0.1, 0.15) is 12.0 Å². The Labute approximate surface area is 91.3 Å². The van der Waals surface area contributed by atoms with E-state index >= 15 is 0 Å². The van der Waals surface area contributed by atoms with Gasteiger partial charge in [0.15, 0.2) is 0 Å². The minimum absolute atomic E-state index is 0.862. The number of nitrogens with two attached hydrogens (primary N) is 1. The second-order valence-corrected chi connectivity index (χ2v) is 4.12. The zero-order chi connectivity index (χ0) is 10.5. The van der Waals surface area contributed by atoms with Crippen molar-refractivity contribution in [1.82, 2.24) is 10.2 Å². The van der Waals surface area contributed by atoms with Crippen molar-refractivity contribution in [2.75, 3.05) is 31.9 Å². The molecule has 1 aliphatic heterocycles. The van der Waals surface area contributed by atoms with Gasteiger partial charge in [-0.1, -0.05) is 12.1 Å². The molecule has 82 valence electrons. The minimum atomic E-state index is 0.862. The summed E-state index contributed by atoms with van der Waals surface area (Å²) >= 11 is 0. The lowest BCUT2D eigenvalue weighted by atomic mass is 10.2. The molecule has 2 rings (SSSR count). The van der Waals surface area contributed by atoms with Gasteiger partial charge in [-0.2, -0.15) is 0 Å². The van der Waals surface area contributed by atoms with Crippen LogP contribution in [0, 0.1) is 0 Å². The van der Waals surface area contributed by atoms with Gasteiger partial charge in [-0.15, -0.1) is 0 Å². The lowest BCUT2D eigenvalue weighted by molar-refractivity contribution is 0.284. The van der Waals surface area contributed by atoms with E-state index in [1.165, 1.54) is 18.5 Å². The van der Waals surface area contributed by atoms with Crippen LogP contribution in [0.3, 0.4) is 0 Å². The maximum atomic E-state index is 5.76. The molecule has 0 aliphatic carbocycles. The zero-order valence-electron chi connectivity index (χ0n) is 9.08. The van der Waals surface area contributed by atoms with Crippen LogP contribution in [0.25, 0.3) is 0 Å². The second kappa shape index (κ2) is 5.14. The molecule has 0 spiro atoms. The number of rotatable bonds is 2. The number of nitrogens with one attached hydrogen (secondary N) is 1. The molecule has 3 heteroatoms. The molecule has 3 nitrogen and oxygen atoms in total. The van der Waals surface area contributed by atoms with Crippen LogP contribution in [0.4, 0.5) is 5.69 Å². The van der Waals surface area contributed by atoms with Gasteiger partial charge in [0.1, 0.15) is 0 Å². The monoisotopic (exact) mass is 205 g/mol. The van der Waals surface area contributed by atoms with E-state index in [1.54, 1.807) is 0 Å². The Balaban J connectivity index is 1.95. The van der Waals surface area contributed by atoms with Gasteiger partial charge in [0.25, 0.3) is 0 Å². The van der Waals surface area contributed by atoms with Crippen LogP contribution in [0.15, 0.2) is 24.3 Å². The first-order valence-corrected chi connectivity index (χ1v) is 5.62. The Hall–Kier alpha value is -1.06. The summed E-state index contributed by atoms with van der Waals surface area (Å²) in [7, 11) is 0. The molecule has 0 amide bonds. The van der Waals surface area contributed by atoms with Crippen LogP contribution in [-0.2, 0) is 6.54 Å². The van der Waals surface area contributed by atoms with Crippen LogP contribution in [-0.4, -0.2) is 31.1 Å². The van der Waals surface area contributed by atoms with Crippen LogP contribution in [0.2, 0.25) is 0 Å². The number of hydrogen-bond donors (Lipinski definition) is 2. The topological polar surface area (TPSA) is 41.3 Å². The number of benzene rings is 1. The Morgan fingerprint density at radius 2 is 2.20 bits per heavy atom. The third-order valence-corrected chi connectivity index (χ3v) is 2.79. The molecule has 0 atom stereocenters. The summed E-state index contributed by atoms with van der Waals surface area (Å²) in [5, 5.41) is 3.41. The highest BCUT2D eigenvalue weighted by molar-refractivity contribution is 5.40. The molecule has 1 fully saturated rings. The Morgan fingerprint density at radius 3 is 3.07 bits per heavy atom. The quantitative estimate of drug-likeness (QED) is 0.709. The molecule has 0 saturated carbocycles. The first kappa shape index (κ1) is 10.5. The molecular weight excluding hydrogens is 186 g/mol. The van der Waals surface area contributed by atoms with Crippen molar-refractivity contribution in [2.24, 2.45) is 0 Å². The maximum absolute atomic E-state index is 5.76. The minimum Gasteiger partial charge on any atom is -0.399 e. The molecule has 1 heterocycles. The summed E-state index contributed by atoms with van der Waals surface area (Å²) < 4.78 is 0. The molecule has 0 unspecified atom stereocenters. The number of anilines is 1. The molecular formula is C12H19N3. The van der Waals surface area contributed by atoms with Gasteiger partial charge >= 0.3 is 0 Å². The smallest absolute Gasteiger partial charge is 0.0317 e. The fourth-order valence-corrected chi connectivity index (χ4v) is 2.01. The highest BCUT2D eigenvalue weighted by Gasteiger charge is 2.08. The molecule has 1 aromatic rings. The van der Waals surface area contributed by atoms with E-state index < -0.39 is 0 Å². The fourth-order valence-electron chi connectivity index (χ4n) is 2.01. The summed E-state index contributed by atoms with van der Waals surface area (Å²) in [4.78, 5) is 2.48. The van der Waals surface area contributed by atoms with Crippen LogP contribution < -0.4 is 11.1 Å². The highest BCUT2D eigenvalue weighted by atomic mass is 15.1. The van der Waals surface area contributed by atoms with E-state index in [0.29, 0.717) is 0 Å². The molecule has 15 heavy (non-hydrogen) atoms. The highest BCUT2D eigenvalue weighted by Crippen LogP contribution is 2.10. The normalized spacial score (nSPS) is 18.7. The van der Waals surface area contributed by atoms with Gasteiger partial charge in [0.05, 0.1) is 0 Å². The van der Waals surface area contributed by atoms with E-state index in [-0.39, 0.29) is 0 Å². The summed E-state index contributed by atoms with van der Waals surface area (Å²) in [5.74, 6) is 0. The predicted molar refractivity (Wildman–Crippen MR) is 63.6 cm³/mol. The molecule has 3 N–H and O–H groups in total. The fraction of sp³-hybridized carbons (Fsp3) is 0.500. The standard InChI is InChI=1S/C12H19N3/c13-12-4-1-3-11(9-12)10-15-7-2-5-14-6-8-15/h1,3-4,9,14H,2,5-8,10,13H2. The number of nitrogens with zero attached hydrogens (tertiary/aromatic N) is 1. The molecule has 0 bridgehead atoms. The van der Waals surface area contributed by atoms with Gasteiger partial charge in [-0.3, -0.25) is 4.90 Å². The molecule has 1 aliphatic rings. The largest absolute Gasteiger partial charge is 0.399 e. The first-order valence-electron chi connectivity index (χ1n) is 5.62. The van der Waals surface area contributed by atoms with E-state index in [0.717, 1.165) is 31.9 Å². The van der Waals surface area contributed by atoms with E-state index in [2.05, 4.69) is 22.3 Å². The zero-order valence-corrected chi connectivity index (χ0v) is 9.08. The molecule has 0 radical (unpaired) electrons. The van der Waals surface area contributed by atoms with Crippen molar-refractivity contribution in [2.45, 2.75) is 13.0 Å². The second-order valence-electron chi connectivity index (χ2n) is 4.12. The summed E-state index contributed by atoms with van der Waals surface area (Å²) in [6.07, 6.45) is 1.24. The van der Waals surface area contributed by atoms with E-state index in [9.17, 15) is 0 Å². The summed E-state index contributed by atoms with van der Waals surface area (Å²) in [6, 6.07) is 8.18. The van der Waals surface area contributed by atoms with Crippen molar-refractivity contribution in [3.05, 3.63) is 29.8 Å². The van der Waals surface area contributed by atoms with Crippen LogP contribution >= 0.6 is 0 Å². The van der Waals surface area contributed by atoms with Gasteiger partial charge in [-0.05, 0) is 37.2 Å². The molecule has 1 aromatic carbocycles.